The van der Waals surface area contributed by atoms with E-state index in [1.807, 2.05) is 0 Å². The van der Waals surface area contributed by atoms with Crippen molar-refractivity contribution in [3.8, 4) is 0 Å². The Balaban J connectivity index is -0.000000130. The van der Waals surface area contributed by atoms with Crippen molar-refractivity contribution in [2.45, 2.75) is 0 Å². The minimum atomic E-state index is -3.92. The molecule has 0 aliphatic carbocycles. The second-order valence-corrected chi connectivity index (χ2v) is 10.6. The van der Waals surface area contributed by atoms with E-state index in [0.717, 1.165) is 0 Å². The molecule has 0 fully saturated rings. The molecule has 0 heterocycles. The molecule has 0 N–H and O–H groups in total. The Morgan fingerprint density at radius 3 is 0.800 bits per heavy atom. The van der Waals surface area contributed by atoms with Gasteiger partial charge in [0.25, 0.3) is 0 Å². The fourth-order valence-electron chi connectivity index (χ4n) is 0.432. The Kier molecular flexibility index (Phi) is 25.7. The SMILES string of the molecule is C=CCOP([O-])([O-])=S.C=CCOP([O-])([O-])=S.C=CCOP([O-])([O-])=S.[Mo+6]. The molecule has 0 bridgehead atoms. The molecule has 0 aromatic heterocycles. The van der Waals surface area contributed by atoms with Crippen LogP contribution in [0.5, 0.6) is 0 Å². The third-order valence-electron chi connectivity index (χ3n) is 1.05. The van der Waals surface area contributed by atoms with Gasteiger partial charge in [-0.2, -0.15) is 0 Å². The van der Waals surface area contributed by atoms with Crippen LogP contribution in [0.15, 0.2) is 38.0 Å². The van der Waals surface area contributed by atoms with Crippen LogP contribution >= 0.6 is 20.2 Å². The fourth-order valence-corrected chi connectivity index (χ4v) is 1.84. The summed E-state index contributed by atoms with van der Waals surface area (Å²) in [6.45, 7) is -2.18. The van der Waals surface area contributed by atoms with Crippen LogP contribution in [0, 0.1) is 0 Å². The molecule has 0 saturated carbocycles. The van der Waals surface area contributed by atoms with Crippen LogP contribution in [-0.2, 0) is 70.1 Å². The smallest absolute Gasteiger partial charge is 0.812 e. The van der Waals surface area contributed by atoms with Gasteiger partial charge in [0.15, 0.2) is 0 Å². The van der Waals surface area contributed by atoms with Crippen molar-refractivity contribution in [2.24, 2.45) is 0 Å². The van der Waals surface area contributed by atoms with Crippen LogP contribution in [0.2, 0.25) is 0 Å². The number of rotatable bonds is 9. The van der Waals surface area contributed by atoms with Crippen molar-refractivity contribution in [3.05, 3.63) is 38.0 Å². The van der Waals surface area contributed by atoms with Gasteiger partial charge in [0, 0.05) is 0 Å². The van der Waals surface area contributed by atoms with Crippen molar-refractivity contribution in [3.63, 3.8) is 0 Å². The minimum absolute atomic E-state index is 0. The average molecular weight is 552 g/mol. The summed E-state index contributed by atoms with van der Waals surface area (Å²) in [5.41, 5.74) is 0. The maximum absolute atomic E-state index is 9.96. The van der Waals surface area contributed by atoms with E-state index >= 15 is 0 Å². The van der Waals surface area contributed by atoms with Gasteiger partial charge in [-0.05, 0) is 0 Å². The van der Waals surface area contributed by atoms with Gasteiger partial charge in [-0.3, -0.25) is 0 Å². The van der Waals surface area contributed by atoms with Crippen LogP contribution in [0.25, 0.3) is 0 Å². The van der Waals surface area contributed by atoms with Gasteiger partial charge in [0.1, 0.15) is 0 Å². The van der Waals surface area contributed by atoms with Crippen LogP contribution in [0.1, 0.15) is 0 Å². The minimum Gasteiger partial charge on any atom is -0.812 e. The first-order valence-corrected chi connectivity index (χ1v) is 13.2. The predicted molar refractivity (Wildman–Crippen MR) is 91.3 cm³/mol. The van der Waals surface area contributed by atoms with E-state index in [9.17, 15) is 29.4 Å². The van der Waals surface area contributed by atoms with Crippen molar-refractivity contribution >= 4 is 55.6 Å². The Bertz CT molecular complexity index is 430. The van der Waals surface area contributed by atoms with Gasteiger partial charge in [-0.15, -0.1) is 55.2 Å². The molecule has 0 aromatic carbocycles. The third-order valence-corrected chi connectivity index (χ3v) is 3.40. The van der Waals surface area contributed by atoms with Gasteiger partial charge < -0.3 is 42.9 Å². The summed E-state index contributed by atoms with van der Waals surface area (Å²) >= 11 is 11.6. The molecule has 0 radical (unpaired) electrons. The first-order chi connectivity index (χ1) is 10.7. The summed E-state index contributed by atoms with van der Waals surface area (Å²) in [4.78, 5) is 59.8. The zero-order chi connectivity index (χ0) is 19.9. The Morgan fingerprint density at radius 1 is 0.600 bits per heavy atom. The summed E-state index contributed by atoms with van der Waals surface area (Å²) in [5.74, 6) is 0. The van der Waals surface area contributed by atoms with Crippen LogP contribution in [-0.4, -0.2) is 19.8 Å². The summed E-state index contributed by atoms with van der Waals surface area (Å²) in [7, 11) is 0. The van der Waals surface area contributed by atoms with Crippen LogP contribution in [0.3, 0.4) is 0 Å². The van der Waals surface area contributed by atoms with Crippen molar-refractivity contribution in [2.75, 3.05) is 19.8 Å². The van der Waals surface area contributed by atoms with Gasteiger partial charge >= 0.3 is 21.1 Å². The molecule has 0 amide bonds. The zero-order valence-corrected chi connectivity index (χ0v) is 19.8. The molecular weight excluding hydrogens is 537 g/mol. The third kappa shape index (κ3) is 51.7. The van der Waals surface area contributed by atoms with E-state index in [-0.39, 0.29) is 40.9 Å². The van der Waals surface area contributed by atoms with Gasteiger partial charge in [0.05, 0.1) is 19.8 Å². The number of hydrogen-bond acceptors (Lipinski definition) is 12. The van der Waals surface area contributed by atoms with Gasteiger partial charge in [0.2, 0.25) is 0 Å². The second kappa shape index (κ2) is 18.8. The largest absolute Gasteiger partial charge is 6.00 e. The fraction of sp³-hybridized carbons (Fsp3) is 0.333. The molecule has 0 aliphatic heterocycles. The monoisotopic (exact) mass is 554 g/mol. The molecular formula is C9H15MoO9P3S3. The first kappa shape index (κ1) is 34.0. The standard InChI is InChI=1S/3C3H7O3PS.Mo/c3*1-2-3-6-7(4,5)8;/h3*2H,1,3H2,(H2,4,5,8);/q;;;+6/p-6. The maximum Gasteiger partial charge on any atom is 6.00 e. The molecule has 0 saturated heterocycles. The second-order valence-electron chi connectivity index (χ2n) is 3.09. The molecule has 0 aliphatic rings. The molecule has 25 heavy (non-hydrogen) atoms. The number of hydrogen-bond donors (Lipinski definition) is 0. The summed E-state index contributed by atoms with van der Waals surface area (Å²) in [5, 5.41) is 0. The van der Waals surface area contributed by atoms with Crippen molar-refractivity contribution < 1.29 is 64.0 Å². The van der Waals surface area contributed by atoms with Gasteiger partial charge in [-0.25, -0.2) is 0 Å². The predicted octanol–water partition coefficient (Wildman–Crippen LogP) is -2.60. The first-order valence-electron chi connectivity index (χ1n) is 5.51. The zero-order valence-electron chi connectivity index (χ0n) is 12.6. The molecule has 0 rings (SSSR count). The molecule has 0 atom stereocenters. The van der Waals surface area contributed by atoms with Crippen LogP contribution < -0.4 is 29.4 Å². The van der Waals surface area contributed by atoms with Crippen molar-refractivity contribution in [1.82, 2.24) is 0 Å². The Labute approximate surface area is 176 Å². The van der Waals surface area contributed by atoms with E-state index in [4.69, 9.17) is 0 Å². The average Bonchev–Trinajstić information content (AvgIpc) is 2.39. The Hall–Kier alpha value is 1.50. The molecule has 0 spiro atoms. The topological polar surface area (TPSA) is 166 Å². The molecule has 0 aromatic rings. The van der Waals surface area contributed by atoms with E-state index < -0.39 is 20.2 Å². The summed E-state index contributed by atoms with van der Waals surface area (Å²) in [6, 6.07) is 0. The molecule has 16 heteroatoms. The maximum atomic E-state index is 9.96. The van der Waals surface area contributed by atoms with E-state index in [2.05, 4.69) is 68.7 Å². The van der Waals surface area contributed by atoms with E-state index in [1.165, 1.54) is 18.2 Å². The normalized spacial score (nSPS) is 10.8. The summed E-state index contributed by atoms with van der Waals surface area (Å²) in [6.07, 6.45) is 3.95. The molecule has 9 nitrogen and oxygen atoms in total. The molecule has 0 unspecified atom stereocenters. The quantitative estimate of drug-likeness (QED) is 0.167. The Morgan fingerprint density at radius 2 is 0.760 bits per heavy atom. The van der Waals surface area contributed by atoms with Crippen LogP contribution in [0.4, 0.5) is 0 Å². The molecule has 144 valence electrons. The van der Waals surface area contributed by atoms with E-state index in [1.54, 1.807) is 0 Å². The summed E-state index contributed by atoms with van der Waals surface area (Å²) < 4.78 is 12.2. The van der Waals surface area contributed by atoms with E-state index in [0.29, 0.717) is 0 Å². The van der Waals surface area contributed by atoms with Gasteiger partial charge in [-0.1, -0.05) is 38.4 Å². The van der Waals surface area contributed by atoms with Crippen molar-refractivity contribution in [1.29, 1.82) is 0 Å².